The van der Waals surface area contributed by atoms with Crippen LogP contribution < -0.4 is 5.32 Å². The molecule has 2 rings (SSSR count). The van der Waals surface area contributed by atoms with Crippen molar-refractivity contribution in [3.05, 3.63) is 70.5 Å². The minimum atomic E-state index is -1.69. The first-order valence-corrected chi connectivity index (χ1v) is 6.34. The Bertz CT molecular complexity index is 707. The molecule has 3 nitrogen and oxygen atoms in total. The molecule has 0 bridgehead atoms. The summed E-state index contributed by atoms with van der Waals surface area (Å²) in [6.45, 7) is -0.770. The minimum Gasteiger partial charge on any atom is -0.394 e. The monoisotopic (exact) mass is 331 g/mol. The van der Waals surface area contributed by atoms with Gasteiger partial charge in [-0.25, -0.2) is 22.0 Å². The molecule has 0 saturated heterocycles. The van der Waals surface area contributed by atoms with E-state index in [2.05, 4.69) is 5.32 Å². The van der Waals surface area contributed by atoms with Crippen LogP contribution in [0, 0.1) is 29.1 Å². The lowest BCUT2D eigenvalue weighted by Gasteiger charge is -2.17. The topological polar surface area (TPSA) is 49.3 Å². The van der Waals surface area contributed by atoms with Gasteiger partial charge in [0, 0.05) is 11.6 Å². The Morgan fingerprint density at radius 3 is 1.96 bits per heavy atom. The van der Waals surface area contributed by atoms with Crippen molar-refractivity contribution in [3.8, 4) is 0 Å². The van der Waals surface area contributed by atoms with Crippen LogP contribution in [0.15, 0.2) is 30.3 Å². The van der Waals surface area contributed by atoms with Gasteiger partial charge in [-0.3, -0.25) is 4.79 Å². The maximum absolute atomic E-state index is 13.2. The van der Waals surface area contributed by atoms with E-state index in [0.717, 1.165) is 12.1 Å². The largest absolute Gasteiger partial charge is 0.394 e. The summed E-state index contributed by atoms with van der Waals surface area (Å²) in [5, 5.41) is 11.4. The number of aliphatic hydroxyl groups excluding tert-OH is 1. The summed E-state index contributed by atoms with van der Waals surface area (Å²) >= 11 is 0. The lowest BCUT2D eigenvalue weighted by atomic mass is 10.1. The molecule has 0 aromatic heterocycles. The van der Waals surface area contributed by atoms with E-state index in [4.69, 9.17) is 0 Å². The van der Waals surface area contributed by atoms with Gasteiger partial charge in [0.25, 0.3) is 5.91 Å². The lowest BCUT2D eigenvalue weighted by molar-refractivity contribution is 0.0915. The third-order valence-electron chi connectivity index (χ3n) is 3.02. The molecule has 0 fully saturated rings. The van der Waals surface area contributed by atoms with E-state index in [0.29, 0.717) is 18.2 Å². The van der Waals surface area contributed by atoms with E-state index in [1.165, 1.54) is 0 Å². The molecule has 2 N–H and O–H groups in total. The van der Waals surface area contributed by atoms with Gasteiger partial charge >= 0.3 is 0 Å². The average Bonchev–Trinajstić information content (AvgIpc) is 2.48. The van der Waals surface area contributed by atoms with Gasteiger partial charge < -0.3 is 10.4 Å². The van der Waals surface area contributed by atoms with Crippen LogP contribution in [0.5, 0.6) is 0 Å². The van der Waals surface area contributed by atoms with Gasteiger partial charge in [0.1, 0.15) is 11.6 Å². The van der Waals surface area contributed by atoms with Crippen LogP contribution in [0.25, 0.3) is 0 Å². The number of hydrogen-bond donors (Lipinski definition) is 2. The molecule has 2 aromatic rings. The highest BCUT2D eigenvalue weighted by atomic mass is 19.2. The van der Waals surface area contributed by atoms with E-state index in [1.54, 1.807) is 0 Å². The molecule has 0 aliphatic rings. The number of halogens is 5. The predicted octanol–water partition coefficient (Wildman–Crippen LogP) is 2.85. The molecule has 23 heavy (non-hydrogen) atoms. The Morgan fingerprint density at radius 1 is 0.957 bits per heavy atom. The van der Waals surface area contributed by atoms with Gasteiger partial charge in [0.05, 0.1) is 12.6 Å². The molecule has 0 radical (unpaired) electrons. The van der Waals surface area contributed by atoms with Crippen molar-refractivity contribution >= 4 is 5.91 Å². The van der Waals surface area contributed by atoms with Crippen LogP contribution in [0.3, 0.4) is 0 Å². The van der Waals surface area contributed by atoms with Gasteiger partial charge in [0.2, 0.25) is 0 Å². The van der Waals surface area contributed by atoms with Crippen molar-refractivity contribution in [1.29, 1.82) is 0 Å². The summed E-state index contributed by atoms with van der Waals surface area (Å²) < 4.78 is 65.4. The molecular formula is C15H10F5NO2. The van der Waals surface area contributed by atoms with Gasteiger partial charge in [-0.2, -0.15) is 0 Å². The second-order valence-corrected chi connectivity index (χ2v) is 4.67. The van der Waals surface area contributed by atoms with Crippen LogP contribution in [0.2, 0.25) is 0 Å². The van der Waals surface area contributed by atoms with Gasteiger partial charge in [-0.05, 0) is 29.8 Å². The van der Waals surface area contributed by atoms with Crippen molar-refractivity contribution in [3.63, 3.8) is 0 Å². The first kappa shape index (κ1) is 16.9. The molecule has 0 saturated carbocycles. The summed E-state index contributed by atoms with van der Waals surface area (Å²) in [7, 11) is 0. The molecule has 0 spiro atoms. The number of carbonyl (C=O) groups is 1. The fourth-order valence-corrected chi connectivity index (χ4v) is 1.94. The second kappa shape index (κ2) is 6.74. The zero-order valence-electron chi connectivity index (χ0n) is 11.4. The van der Waals surface area contributed by atoms with Crippen LogP contribution >= 0.6 is 0 Å². The molecular weight excluding hydrogens is 321 g/mol. The number of aliphatic hydroxyl groups is 1. The third-order valence-corrected chi connectivity index (χ3v) is 3.02. The van der Waals surface area contributed by atoms with Crippen LogP contribution in [0.1, 0.15) is 22.0 Å². The zero-order chi connectivity index (χ0) is 17.1. The van der Waals surface area contributed by atoms with E-state index in [9.17, 15) is 31.9 Å². The Labute approximate surface area is 127 Å². The Balaban J connectivity index is 2.27. The first-order chi connectivity index (χ1) is 10.8. The predicted molar refractivity (Wildman–Crippen MR) is 70.0 cm³/mol. The molecule has 1 unspecified atom stereocenters. The van der Waals surface area contributed by atoms with Crippen molar-refractivity contribution in [2.24, 2.45) is 0 Å². The highest BCUT2D eigenvalue weighted by molar-refractivity contribution is 5.94. The van der Waals surface area contributed by atoms with E-state index >= 15 is 0 Å². The number of hydrogen-bond acceptors (Lipinski definition) is 2. The van der Waals surface area contributed by atoms with E-state index in [-0.39, 0.29) is 11.1 Å². The van der Waals surface area contributed by atoms with E-state index in [1.807, 2.05) is 0 Å². The van der Waals surface area contributed by atoms with Crippen LogP contribution in [-0.2, 0) is 0 Å². The van der Waals surface area contributed by atoms with Crippen LogP contribution in [0.4, 0.5) is 22.0 Å². The highest BCUT2D eigenvalue weighted by Gasteiger charge is 2.20. The molecule has 2 aromatic carbocycles. The second-order valence-electron chi connectivity index (χ2n) is 4.67. The summed E-state index contributed by atoms with van der Waals surface area (Å²) in [6.07, 6.45) is 0. The summed E-state index contributed by atoms with van der Waals surface area (Å²) in [6, 6.07) is 1.97. The summed E-state index contributed by atoms with van der Waals surface area (Å²) in [4.78, 5) is 11.9. The highest BCUT2D eigenvalue weighted by Crippen LogP contribution is 2.20. The number of nitrogens with one attached hydrogen (secondary N) is 1. The fraction of sp³-hybridized carbons (Fsp3) is 0.133. The van der Waals surface area contributed by atoms with Gasteiger partial charge in [-0.15, -0.1) is 0 Å². The summed E-state index contributed by atoms with van der Waals surface area (Å²) in [5.74, 6) is -7.64. The normalized spacial score (nSPS) is 12.1. The number of rotatable bonds is 4. The first-order valence-electron chi connectivity index (χ1n) is 6.34. The van der Waals surface area contributed by atoms with Crippen molar-refractivity contribution < 1.29 is 31.9 Å². The molecule has 1 amide bonds. The van der Waals surface area contributed by atoms with Crippen molar-refractivity contribution in [2.45, 2.75) is 6.04 Å². The minimum absolute atomic E-state index is 0.242. The van der Waals surface area contributed by atoms with Crippen molar-refractivity contribution in [2.75, 3.05) is 6.61 Å². The molecule has 1 atom stereocenters. The number of amides is 1. The lowest BCUT2D eigenvalue weighted by Crippen LogP contribution is -2.31. The van der Waals surface area contributed by atoms with Gasteiger partial charge in [0.15, 0.2) is 17.5 Å². The summed E-state index contributed by atoms with van der Waals surface area (Å²) in [5.41, 5.74) is -0.627. The molecule has 0 aliphatic heterocycles. The van der Waals surface area contributed by atoms with E-state index < -0.39 is 47.6 Å². The van der Waals surface area contributed by atoms with Gasteiger partial charge in [-0.1, -0.05) is 0 Å². The SMILES string of the molecule is O=C(NC(CO)c1cc(F)c(F)c(F)c1)c1cc(F)cc(F)c1. The number of carbonyl (C=O) groups excluding carboxylic acids is 1. The quantitative estimate of drug-likeness (QED) is 0.669. The fourth-order valence-electron chi connectivity index (χ4n) is 1.94. The Kier molecular flexibility index (Phi) is 4.95. The zero-order valence-corrected chi connectivity index (χ0v) is 11.4. The standard InChI is InChI=1S/C15H10F5NO2/c16-9-1-8(2-10(17)5-9)15(23)21-13(6-22)7-3-11(18)14(20)12(19)4-7/h1-5,13,22H,6H2,(H,21,23). The third kappa shape index (κ3) is 3.84. The average molecular weight is 331 g/mol. The molecule has 122 valence electrons. The number of benzene rings is 2. The Morgan fingerprint density at radius 2 is 1.48 bits per heavy atom. The molecule has 8 heteroatoms. The maximum Gasteiger partial charge on any atom is 0.252 e. The molecule has 0 heterocycles. The van der Waals surface area contributed by atoms with Crippen LogP contribution in [-0.4, -0.2) is 17.6 Å². The van der Waals surface area contributed by atoms with Crippen molar-refractivity contribution in [1.82, 2.24) is 5.32 Å². The maximum atomic E-state index is 13.2. The Hall–Kier alpha value is -2.48. The molecule has 0 aliphatic carbocycles. The smallest absolute Gasteiger partial charge is 0.252 e.